The molecule has 7 rings (SSSR count). The number of fused-ring (bicyclic) bond motifs is 5. The van der Waals surface area contributed by atoms with Crippen molar-refractivity contribution in [2.24, 2.45) is 34.5 Å². The van der Waals surface area contributed by atoms with Gasteiger partial charge in [-0.25, -0.2) is 4.79 Å². The van der Waals surface area contributed by atoms with Crippen LogP contribution in [0, 0.1) is 34.5 Å². The maximum absolute atomic E-state index is 12.5. The van der Waals surface area contributed by atoms with Crippen molar-refractivity contribution in [2.75, 3.05) is 19.8 Å². The highest BCUT2D eigenvalue weighted by Crippen LogP contribution is 2.70. The quantitative estimate of drug-likeness (QED) is 0.105. The molecule has 4 saturated carbocycles. The minimum atomic E-state index is -1.75. The van der Waals surface area contributed by atoms with Gasteiger partial charge in [-0.3, -0.25) is 0 Å². The largest absolute Gasteiger partial charge is 0.458 e. The monoisotopic (exact) mass is 714 g/mol. The molecule has 3 aliphatic heterocycles. The number of carbonyl (C=O) groups is 1. The third-order valence-corrected chi connectivity index (χ3v) is 14.3. The molecule has 0 bridgehead atoms. The second-order valence-corrected chi connectivity index (χ2v) is 16.4. The van der Waals surface area contributed by atoms with Crippen molar-refractivity contribution in [3.05, 3.63) is 11.6 Å². The van der Waals surface area contributed by atoms with Gasteiger partial charge in [0.15, 0.2) is 12.6 Å². The van der Waals surface area contributed by atoms with Crippen LogP contribution in [0.1, 0.15) is 65.2 Å². The maximum atomic E-state index is 12.5. The van der Waals surface area contributed by atoms with Crippen LogP contribution in [0.4, 0.5) is 0 Å². The van der Waals surface area contributed by atoms with Crippen LogP contribution in [0.2, 0.25) is 0 Å². The van der Waals surface area contributed by atoms with Crippen LogP contribution in [-0.4, -0.2) is 151 Å². The summed E-state index contributed by atoms with van der Waals surface area (Å²) in [5.41, 5.74) is -1.21. The van der Waals surface area contributed by atoms with Gasteiger partial charge in [-0.2, -0.15) is 0 Å². The molecule has 15 nitrogen and oxygen atoms in total. The van der Waals surface area contributed by atoms with Crippen molar-refractivity contribution in [3.63, 3.8) is 0 Å². The van der Waals surface area contributed by atoms with Crippen LogP contribution in [-0.2, 0) is 28.5 Å². The fourth-order valence-corrected chi connectivity index (χ4v) is 11.3. The molecular formula is C35H54O15. The van der Waals surface area contributed by atoms with Gasteiger partial charge >= 0.3 is 5.97 Å². The second kappa shape index (κ2) is 13.5. The average Bonchev–Trinajstić information content (AvgIpc) is 3.65. The lowest BCUT2D eigenvalue weighted by Gasteiger charge is -2.65. The predicted molar refractivity (Wildman–Crippen MR) is 168 cm³/mol. The van der Waals surface area contributed by atoms with E-state index in [0.29, 0.717) is 32.1 Å². The standard InChI is InChI=1S/C35H54O15/c1-33-7-5-17(47-31-29(44)27(42)30(22(13-37)49-31)50-32-28(43)26(41)25(40)21(12-36)48-32)10-16(33)3-4-19-20(33)11-23(38)34(2)18(6-8-35(19,34)45)15-9-24(39)46-14-15/h9,16-23,25-32,36-38,40-45H,3-8,10-14H2,1-2H3/t16-,17+,18-,19-,20+,21-,22-,23-,25+,26+,27-,28-,29-,30-,31?,32+,33+,34+,35+/m1/s1. The van der Waals surface area contributed by atoms with Crippen LogP contribution < -0.4 is 0 Å². The zero-order valence-corrected chi connectivity index (χ0v) is 28.6. The highest BCUT2D eigenvalue weighted by Gasteiger charge is 2.71. The third kappa shape index (κ3) is 5.62. The lowest BCUT2D eigenvalue weighted by Crippen LogP contribution is -2.67. The van der Waals surface area contributed by atoms with E-state index in [4.69, 9.17) is 23.7 Å². The number of esters is 1. The predicted octanol–water partition coefficient (Wildman–Crippen LogP) is -1.78. The van der Waals surface area contributed by atoms with Crippen molar-refractivity contribution < 1.29 is 74.4 Å². The van der Waals surface area contributed by atoms with Gasteiger partial charge in [0.05, 0.1) is 31.0 Å². The zero-order valence-electron chi connectivity index (χ0n) is 28.6. The van der Waals surface area contributed by atoms with E-state index in [1.54, 1.807) is 0 Å². The molecule has 9 N–H and O–H groups in total. The Morgan fingerprint density at radius 3 is 2.14 bits per heavy atom. The van der Waals surface area contributed by atoms with Gasteiger partial charge in [0.2, 0.25) is 0 Å². The molecule has 0 aromatic rings. The minimum absolute atomic E-state index is 0.0113. The van der Waals surface area contributed by atoms with Gasteiger partial charge in [0.1, 0.15) is 55.4 Å². The highest BCUT2D eigenvalue weighted by atomic mass is 16.7. The number of hydrogen-bond acceptors (Lipinski definition) is 15. The van der Waals surface area contributed by atoms with Gasteiger partial charge in [-0.15, -0.1) is 0 Å². The van der Waals surface area contributed by atoms with Gasteiger partial charge in [0.25, 0.3) is 0 Å². The molecule has 50 heavy (non-hydrogen) atoms. The molecule has 1 unspecified atom stereocenters. The number of aliphatic hydroxyl groups excluding tert-OH is 8. The summed E-state index contributed by atoms with van der Waals surface area (Å²) in [6, 6.07) is 0. The molecular weight excluding hydrogens is 660 g/mol. The number of aliphatic hydroxyl groups is 9. The van der Waals surface area contributed by atoms with E-state index in [1.165, 1.54) is 6.08 Å². The van der Waals surface area contributed by atoms with Gasteiger partial charge in [-0.1, -0.05) is 13.8 Å². The van der Waals surface area contributed by atoms with E-state index >= 15 is 0 Å². The summed E-state index contributed by atoms with van der Waals surface area (Å²) in [6.07, 6.45) is -9.33. The molecule has 284 valence electrons. The van der Waals surface area contributed by atoms with Crippen LogP contribution in [0.15, 0.2) is 11.6 Å². The van der Waals surface area contributed by atoms with Crippen LogP contribution in [0.3, 0.4) is 0 Å². The summed E-state index contributed by atoms with van der Waals surface area (Å²) in [7, 11) is 0. The fraction of sp³-hybridized carbons (Fsp3) is 0.914. The molecule has 7 aliphatic rings. The number of carbonyl (C=O) groups excluding carboxylic acids is 1. The van der Waals surface area contributed by atoms with Crippen LogP contribution >= 0.6 is 0 Å². The molecule has 6 fully saturated rings. The molecule has 3 heterocycles. The van der Waals surface area contributed by atoms with E-state index < -0.39 is 91.7 Å². The van der Waals surface area contributed by atoms with E-state index in [9.17, 15) is 50.8 Å². The van der Waals surface area contributed by atoms with Gasteiger partial charge in [-0.05, 0) is 86.0 Å². The molecule has 2 saturated heterocycles. The van der Waals surface area contributed by atoms with Crippen molar-refractivity contribution >= 4 is 5.97 Å². The van der Waals surface area contributed by atoms with Crippen molar-refractivity contribution in [1.29, 1.82) is 0 Å². The first-order valence-electron chi connectivity index (χ1n) is 18.2. The molecule has 0 amide bonds. The number of hydrogen-bond donors (Lipinski definition) is 9. The van der Waals surface area contributed by atoms with E-state index in [1.807, 2.05) is 6.92 Å². The Morgan fingerprint density at radius 1 is 0.780 bits per heavy atom. The van der Waals surface area contributed by atoms with Crippen molar-refractivity contribution in [3.8, 4) is 0 Å². The second-order valence-electron chi connectivity index (χ2n) is 16.4. The van der Waals surface area contributed by atoms with Crippen LogP contribution in [0.5, 0.6) is 0 Å². The summed E-state index contributed by atoms with van der Waals surface area (Å²) in [5, 5.41) is 96.7. The fourth-order valence-electron chi connectivity index (χ4n) is 11.3. The topological polar surface area (TPSA) is 245 Å². The van der Waals surface area contributed by atoms with Crippen molar-refractivity contribution in [2.45, 2.75) is 144 Å². The zero-order chi connectivity index (χ0) is 35.9. The summed E-state index contributed by atoms with van der Waals surface area (Å²) < 4.78 is 28.4. The average molecular weight is 715 g/mol. The van der Waals surface area contributed by atoms with Crippen LogP contribution in [0.25, 0.3) is 0 Å². The van der Waals surface area contributed by atoms with E-state index in [2.05, 4.69) is 6.92 Å². The molecule has 0 aromatic heterocycles. The molecule has 0 radical (unpaired) electrons. The summed E-state index contributed by atoms with van der Waals surface area (Å²) in [5.74, 6) is -0.246. The van der Waals surface area contributed by atoms with Gasteiger partial charge in [0, 0.05) is 11.5 Å². The Kier molecular flexibility index (Phi) is 10.0. The van der Waals surface area contributed by atoms with E-state index in [-0.39, 0.29) is 47.8 Å². The number of ether oxygens (including phenoxy) is 5. The third-order valence-electron chi connectivity index (χ3n) is 14.3. The molecule has 15 heteroatoms. The summed E-state index contributed by atoms with van der Waals surface area (Å²) >= 11 is 0. The first-order valence-corrected chi connectivity index (χ1v) is 18.2. The Hall–Kier alpha value is -1.31. The van der Waals surface area contributed by atoms with E-state index in [0.717, 1.165) is 24.8 Å². The SMILES string of the molecule is C[C@]12CC[C@H](OC3O[C@H](CO)[C@@H](O[C@@H]4O[C@H](CO)[C@H](O)[C@H](O)[C@H]4O)[C@H](O)[C@H]3O)C[C@H]1CC[C@@H]1[C@@H]2C[C@@H](O)[C@]2(C)[C@@H](C3=CC(=O)OC3)CC[C@]12O. The molecule has 0 spiro atoms. The Bertz CT molecular complexity index is 1290. The summed E-state index contributed by atoms with van der Waals surface area (Å²) in [4.78, 5) is 11.9. The highest BCUT2D eigenvalue weighted by molar-refractivity contribution is 5.85. The number of rotatable bonds is 7. The number of cyclic esters (lactones) is 1. The first kappa shape index (κ1) is 37.0. The Morgan fingerprint density at radius 2 is 1.46 bits per heavy atom. The Labute approximate surface area is 290 Å². The first-order chi connectivity index (χ1) is 23.7. The van der Waals surface area contributed by atoms with Crippen molar-refractivity contribution in [1.82, 2.24) is 0 Å². The Balaban J connectivity index is 1.01. The molecule has 0 aromatic carbocycles. The molecule has 4 aliphatic carbocycles. The molecule has 19 atom stereocenters. The normalized spacial score (nSPS) is 55.1. The van der Waals surface area contributed by atoms with Gasteiger partial charge < -0.3 is 69.6 Å². The lowest BCUT2D eigenvalue weighted by molar-refractivity contribution is -0.364. The lowest BCUT2D eigenvalue weighted by atomic mass is 9.42. The minimum Gasteiger partial charge on any atom is -0.458 e. The maximum Gasteiger partial charge on any atom is 0.331 e. The summed E-state index contributed by atoms with van der Waals surface area (Å²) in [6.45, 7) is 3.11. The smallest absolute Gasteiger partial charge is 0.331 e.